The van der Waals surface area contributed by atoms with Gasteiger partial charge in [0.05, 0.1) is 23.7 Å². The average molecular weight is 272 g/mol. The summed E-state index contributed by atoms with van der Waals surface area (Å²) in [5.41, 5.74) is -0.928. The number of anilines is 1. The van der Waals surface area contributed by atoms with E-state index >= 15 is 0 Å². The monoisotopic (exact) mass is 272 g/mol. The molecule has 0 amide bonds. The number of non-ortho nitro benzene ring substituents is 1. The number of nitro benzene ring substituents is 1. The minimum atomic E-state index is -0.961. The van der Waals surface area contributed by atoms with E-state index in [2.05, 4.69) is 5.32 Å². The first kappa shape index (κ1) is 13.7. The molecule has 2 unspecified atom stereocenters. The third-order valence-corrected chi connectivity index (χ3v) is 3.28. The van der Waals surface area contributed by atoms with Crippen LogP contribution < -0.4 is 5.32 Å². The summed E-state index contributed by atoms with van der Waals surface area (Å²) < 4.78 is 32.6. The predicted molar refractivity (Wildman–Crippen MR) is 65.0 cm³/mol. The van der Waals surface area contributed by atoms with E-state index in [1.807, 2.05) is 0 Å². The van der Waals surface area contributed by atoms with E-state index in [9.17, 15) is 18.9 Å². The van der Waals surface area contributed by atoms with Crippen molar-refractivity contribution >= 4 is 11.4 Å². The van der Waals surface area contributed by atoms with E-state index in [0.717, 1.165) is 6.42 Å². The Labute approximate surface area is 108 Å². The van der Waals surface area contributed by atoms with E-state index < -0.39 is 22.2 Å². The molecule has 1 saturated heterocycles. The molecule has 1 aromatic carbocycles. The predicted octanol–water partition coefficient (Wildman–Crippen LogP) is 2.71. The summed E-state index contributed by atoms with van der Waals surface area (Å²) in [6.45, 7) is 2.99. The van der Waals surface area contributed by atoms with Gasteiger partial charge in [-0.15, -0.1) is 0 Å². The third kappa shape index (κ3) is 2.98. The van der Waals surface area contributed by atoms with Gasteiger partial charge in [0.25, 0.3) is 5.69 Å². The fourth-order valence-electron chi connectivity index (χ4n) is 2.10. The normalized spacial score (nSPS) is 20.3. The molecular formula is C12H14F2N2O3. The van der Waals surface area contributed by atoms with Gasteiger partial charge in [0.2, 0.25) is 0 Å². The minimum Gasteiger partial charge on any atom is -0.381 e. The lowest BCUT2D eigenvalue weighted by atomic mass is 10.0. The van der Waals surface area contributed by atoms with Gasteiger partial charge in [0.1, 0.15) is 5.69 Å². The summed E-state index contributed by atoms with van der Waals surface area (Å²) in [5.74, 6) is -1.75. The zero-order valence-electron chi connectivity index (χ0n) is 10.4. The molecule has 1 aromatic rings. The summed E-state index contributed by atoms with van der Waals surface area (Å²) in [4.78, 5) is 9.65. The SMILES string of the molecule is CC(Nc1c(F)cc([N+](=O)[O-])cc1F)C1CCOC1. The fourth-order valence-corrected chi connectivity index (χ4v) is 2.10. The van der Waals surface area contributed by atoms with E-state index in [0.29, 0.717) is 25.3 Å². The molecule has 2 atom stereocenters. The number of halogens is 2. The molecule has 1 aliphatic heterocycles. The van der Waals surface area contributed by atoms with E-state index in [1.54, 1.807) is 6.92 Å². The summed E-state index contributed by atoms with van der Waals surface area (Å²) in [6, 6.07) is 1.25. The molecule has 104 valence electrons. The lowest BCUT2D eigenvalue weighted by Crippen LogP contribution is -2.27. The van der Waals surface area contributed by atoms with Gasteiger partial charge < -0.3 is 10.1 Å². The summed E-state index contributed by atoms with van der Waals surface area (Å²) in [6.07, 6.45) is 0.824. The molecule has 0 bridgehead atoms. The van der Waals surface area contributed by atoms with Gasteiger partial charge in [-0.1, -0.05) is 0 Å². The van der Waals surface area contributed by atoms with Crippen LogP contribution in [-0.2, 0) is 4.74 Å². The van der Waals surface area contributed by atoms with Crippen LogP contribution in [0, 0.1) is 27.7 Å². The van der Waals surface area contributed by atoms with Crippen LogP contribution in [0.2, 0.25) is 0 Å². The number of ether oxygens (including phenoxy) is 1. The van der Waals surface area contributed by atoms with Crippen LogP contribution in [0.15, 0.2) is 12.1 Å². The fraction of sp³-hybridized carbons (Fsp3) is 0.500. The van der Waals surface area contributed by atoms with Crippen molar-refractivity contribution in [3.05, 3.63) is 33.9 Å². The molecule has 19 heavy (non-hydrogen) atoms. The Bertz CT molecular complexity index is 467. The highest BCUT2D eigenvalue weighted by atomic mass is 19.1. The zero-order valence-corrected chi connectivity index (χ0v) is 10.4. The Hall–Kier alpha value is -1.76. The maximum Gasteiger partial charge on any atom is 0.275 e. The molecule has 0 saturated carbocycles. The molecule has 7 heteroatoms. The molecule has 0 spiro atoms. The van der Waals surface area contributed by atoms with E-state index in [-0.39, 0.29) is 17.6 Å². The molecule has 2 rings (SSSR count). The first-order chi connectivity index (χ1) is 8.99. The number of benzene rings is 1. The average Bonchev–Trinajstić information content (AvgIpc) is 2.86. The van der Waals surface area contributed by atoms with Crippen molar-refractivity contribution in [2.45, 2.75) is 19.4 Å². The standard InChI is InChI=1S/C12H14F2N2O3/c1-7(8-2-3-19-6-8)15-12-10(13)4-9(16(17)18)5-11(12)14/h4-5,7-8,15H,2-3,6H2,1H3. The molecule has 1 fully saturated rings. The van der Waals surface area contributed by atoms with Gasteiger partial charge in [-0.2, -0.15) is 0 Å². The Kier molecular flexibility index (Phi) is 3.94. The number of rotatable bonds is 4. The molecule has 0 radical (unpaired) electrons. The second-order valence-electron chi connectivity index (χ2n) is 4.60. The van der Waals surface area contributed by atoms with E-state index in [4.69, 9.17) is 4.74 Å². The highest BCUT2D eigenvalue weighted by Gasteiger charge is 2.25. The van der Waals surface area contributed by atoms with Gasteiger partial charge in [-0.3, -0.25) is 10.1 Å². The summed E-state index contributed by atoms with van der Waals surface area (Å²) >= 11 is 0. The van der Waals surface area contributed by atoms with Gasteiger partial charge in [0, 0.05) is 18.6 Å². The molecule has 1 N–H and O–H groups in total. The smallest absolute Gasteiger partial charge is 0.275 e. The van der Waals surface area contributed by atoms with Gasteiger partial charge in [0.15, 0.2) is 11.6 Å². The van der Waals surface area contributed by atoms with Crippen LogP contribution in [0.5, 0.6) is 0 Å². The highest BCUT2D eigenvalue weighted by Crippen LogP contribution is 2.27. The van der Waals surface area contributed by atoms with Crippen LogP contribution >= 0.6 is 0 Å². The summed E-state index contributed by atoms with van der Waals surface area (Å²) in [7, 11) is 0. The Morgan fingerprint density at radius 3 is 2.58 bits per heavy atom. The number of nitrogens with zero attached hydrogens (tertiary/aromatic N) is 1. The molecule has 1 heterocycles. The first-order valence-corrected chi connectivity index (χ1v) is 5.96. The van der Waals surface area contributed by atoms with E-state index in [1.165, 1.54) is 0 Å². The van der Waals surface area contributed by atoms with Gasteiger partial charge >= 0.3 is 0 Å². The van der Waals surface area contributed by atoms with Crippen LogP contribution in [0.1, 0.15) is 13.3 Å². The second-order valence-corrected chi connectivity index (χ2v) is 4.60. The molecular weight excluding hydrogens is 258 g/mol. The van der Waals surface area contributed by atoms with Crippen molar-refractivity contribution in [1.82, 2.24) is 0 Å². The topological polar surface area (TPSA) is 64.4 Å². The van der Waals surface area contributed by atoms with Crippen LogP contribution in [0.3, 0.4) is 0 Å². The number of nitrogens with one attached hydrogen (secondary N) is 1. The maximum atomic E-state index is 13.7. The Balaban J connectivity index is 2.18. The maximum absolute atomic E-state index is 13.7. The second kappa shape index (κ2) is 5.48. The molecule has 0 aromatic heterocycles. The Morgan fingerprint density at radius 1 is 1.47 bits per heavy atom. The largest absolute Gasteiger partial charge is 0.381 e. The lowest BCUT2D eigenvalue weighted by molar-refractivity contribution is -0.385. The number of hydrogen-bond donors (Lipinski definition) is 1. The third-order valence-electron chi connectivity index (χ3n) is 3.28. The molecule has 5 nitrogen and oxygen atoms in total. The van der Waals surface area contributed by atoms with Crippen LogP contribution in [-0.4, -0.2) is 24.2 Å². The van der Waals surface area contributed by atoms with Crippen molar-refractivity contribution in [1.29, 1.82) is 0 Å². The van der Waals surface area contributed by atoms with Crippen molar-refractivity contribution in [3.63, 3.8) is 0 Å². The van der Waals surface area contributed by atoms with Crippen LogP contribution in [0.4, 0.5) is 20.2 Å². The number of hydrogen-bond acceptors (Lipinski definition) is 4. The lowest BCUT2D eigenvalue weighted by Gasteiger charge is -2.21. The van der Waals surface area contributed by atoms with Gasteiger partial charge in [-0.25, -0.2) is 8.78 Å². The van der Waals surface area contributed by atoms with Gasteiger partial charge in [-0.05, 0) is 13.3 Å². The highest BCUT2D eigenvalue weighted by molar-refractivity contribution is 5.52. The number of nitro groups is 1. The van der Waals surface area contributed by atoms with Crippen molar-refractivity contribution in [2.75, 3.05) is 18.5 Å². The zero-order chi connectivity index (χ0) is 14.0. The summed E-state index contributed by atoms with van der Waals surface area (Å²) in [5, 5.41) is 13.2. The first-order valence-electron chi connectivity index (χ1n) is 5.96. The molecule has 0 aliphatic carbocycles. The van der Waals surface area contributed by atoms with Crippen molar-refractivity contribution in [2.24, 2.45) is 5.92 Å². The quantitative estimate of drug-likeness (QED) is 0.676. The van der Waals surface area contributed by atoms with Crippen molar-refractivity contribution < 1.29 is 18.4 Å². The minimum absolute atomic E-state index is 0.173. The Morgan fingerprint density at radius 2 is 2.11 bits per heavy atom. The van der Waals surface area contributed by atoms with Crippen LogP contribution in [0.25, 0.3) is 0 Å². The molecule has 1 aliphatic rings. The van der Waals surface area contributed by atoms with Crippen molar-refractivity contribution in [3.8, 4) is 0 Å².